The maximum absolute atomic E-state index is 5.50. The van der Waals surface area contributed by atoms with E-state index in [1.54, 1.807) is 12.4 Å². The summed E-state index contributed by atoms with van der Waals surface area (Å²) in [6.45, 7) is 3.65. The molecule has 1 atom stereocenters. The maximum Gasteiger partial charge on any atom is 0.115 e. The molecule has 0 amide bonds. The molecule has 15 heavy (non-hydrogen) atoms. The van der Waals surface area contributed by atoms with Gasteiger partial charge in [0.1, 0.15) is 6.33 Å². The van der Waals surface area contributed by atoms with Crippen LogP contribution in [0.5, 0.6) is 0 Å². The summed E-state index contributed by atoms with van der Waals surface area (Å²) in [6.07, 6.45) is 5.31. The molecular weight excluding hydrogens is 194 g/mol. The SMILES string of the molecule is c1ncc(CNCC2COCCO2)cn1. The van der Waals surface area contributed by atoms with E-state index in [1.807, 2.05) is 0 Å². The fraction of sp³-hybridized carbons (Fsp3) is 0.600. The topological polar surface area (TPSA) is 56.3 Å². The molecule has 0 saturated carbocycles. The van der Waals surface area contributed by atoms with Crippen LogP contribution in [0.15, 0.2) is 18.7 Å². The highest BCUT2D eigenvalue weighted by Crippen LogP contribution is 1.99. The molecule has 2 rings (SSSR count). The molecule has 1 aliphatic rings. The normalized spacial score (nSPS) is 21.5. The van der Waals surface area contributed by atoms with E-state index >= 15 is 0 Å². The summed E-state index contributed by atoms with van der Waals surface area (Å²) < 4.78 is 10.8. The number of nitrogens with one attached hydrogen (secondary N) is 1. The molecule has 5 heteroatoms. The Morgan fingerprint density at radius 3 is 2.93 bits per heavy atom. The number of nitrogens with zero attached hydrogens (tertiary/aromatic N) is 2. The molecule has 0 spiro atoms. The summed E-state index contributed by atoms with van der Waals surface area (Å²) in [5.74, 6) is 0. The number of hydrogen-bond donors (Lipinski definition) is 1. The molecule has 1 aromatic heterocycles. The van der Waals surface area contributed by atoms with Gasteiger partial charge in [-0.05, 0) is 0 Å². The third-order valence-corrected chi connectivity index (χ3v) is 2.20. The van der Waals surface area contributed by atoms with Crippen LogP contribution in [0.2, 0.25) is 0 Å². The molecule has 0 bridgehead atoms. The predicted octanol–water partition coefficient (Wildman–Crippen LogP) is -0.0184. The van der Waals surface area contributed by atoms with Crippen molar-refractivity contribution in [3.8, 4) is 0 Å². The standard InChI is InChI=1S/C10H15N3O2/c1-2-15-10(7-14-1)6-11-3-9-4-12-8-13-5-9/h4-5,8,10-11H,1-3,6-7H2. The van der Waals surface area contributed by atoms with Crippen LogP contribution in [0.1, 0.15) is 5.56 Å². The van der Waals surface area contributed by atoms with Crippen LogP contribution in [0.25, 0.3) is 0 Å². The molecule has 2 heterocycles. The van der Waals surface area contributed by atoms with E-state index in [0.717, 1.165) is 18.7 Å². The molecule has 5 nitrogen and oxygen atoms in total. The fourth-order valence-electron chi connectivity index (χ4n) is 1.45. The Kier molecular flexibility index (Phi) is 4.01. The van der Waals surface area contributed by atoms with Gasteiger partial charge in [-0.1, -0.05) is 0 Å². The van der Waals surface area contributed by atoms with Crippen molar-refractivity contribution in [2.75, 3.05) is 26.4 Å². The van der Waals surface area contributed by atoms with Gasteiger partial charge in [0.2, 0.25) is 0 Å². The molecule has 0 radical (unpaired) electrons. The van der Waals surface area contributed by atoms with Crippen LogP contribution in [-0.2, 0) is 16.0 Å². The van der Waals surface area contributed by atoms with E-state index in [0.29, 0.717) is 19.8 Å². The summed E-state index contributed by atoms with van der Waals surface area (Å²) in [7, 11) is 0. The van der Waals surface area contributed by atoms with Crippen molar-refractivity contribution in [3.63, 3.8) is 0 Å². The smallest absolute Gasteiger partial charge is 0.115 e. The minimum atomic E-state index is 0.170. The molecule has 0 aromatic carbocycles. The lowest BCUT2D eigenvalue weighted by molar-refractivity contribution is -0.0864. The molecule has 82 valence electrons. The lowest BCUT2D eigenvalue weighted by atomic mass is 10.3. The van der Waals surface area contributed by atoms with E-state index in [4.69, 9.17) is 9.47 Å². The second-order valence-corrected chi connectivity index (χ2v) is 3.45. The Morgan fingerprint density at radius 1 is 1.33 bits per heavy atom. The molecule has 1 N–H and O–H groups in total. The van der Waals surface area contributed by atoms with Crippen LogP contribution in [0, 0.1) is 0 Å². The van der Waals surface area contributed by atoms with Gasteiger partial charge in [-0.2, -0.15) is 0 Å². The highest BCUT2D eigenvalue weighted by molar-refractivity contribution is 5.01. The Hall–Kier alpha value is -1.04. The second-order valence-electron chi connectivity index (χ2n) is 3.45. The largest absolute Gasteiger partial charge is 0.376 e. The van der Waals surface area contributed by atoms with Gasteiger partial charge in [-0.15, -0.1) is 0 Å². The third-order valence-electron chi connectivity index (χ3n) is 2.20. The minimum Gasteiger partial charge on any atom is -0.376 e. The number of rotatable bonds is 4. The van der Waals surface area contributed by atoms with E-state index in [9.17, 15) is 0 Å². The van der Waals surface area contributed by atoms with Crippen molar-refractivity contribution in [1.82, 2.24) is 15.3 Å². The molecule has 1 unspecified atom stereocenters. The van der Waals surface area contributed by atoms with Gasteiger partial charge < -0.3 is 14.8 Å². The average Bonchev–Trinajstić information content (AvgIpc) is 2.32. The van der Waals surface area contributed by atoms with Crippen molar-refractivity contribution < 1.29 is 9.47 Å². The first-order chi connectivity index (χ1) is 7.45. The van der Waals surface area contributed by atoms with E-state index in [1.165, 1.54) is 6.33 Å². The zero-order chi connectivity index (χ0) is 10.3. The Bertz CT molecular complexity index is 275. The zero-order valence-corrected chi connectivity index (χ0v) is 8.56. The monoisotopic (exact) mass is 209 g/mol. The first-order valence-corrected chi connectivity index (χ1v) is 5.09. The van der Waals surface area contributed by atoms with Gasteiger partial charge >= 0.3 is 0 Å². The summed E-state index contributed by atoms with van der Waals surface area (Å²) in [4.78, 5) is 7.89. The lowest BCUT2D eigenvalue weighted by Gasteiger charge is -2.23. The lowest BCUT2D eigenvalue weighted by Crippen LogP contribution is -2.37. The quantitative estimate of drug-likeness (QED) is 0.755. The van der Waals surface area contributed by atoms with Gasteiger partial charge in [-0.25, -0.2) is 9.97 Å². The van der Waals surface area contributed by atoms with E-state index in [2.05, 4.69) is 15.3 Å². The van der Waals surface area contributed by atoms with Crippen LogP contribution in [0.4, 0.5) is 0 Å². The molecule has 1 fully saturated rings. The fourth-order valence-corrected chi connectivity index (χ4v) is 1.45. The number of hydrogen-bond acceptors (Lipinski definition) is 5. The van der Waals surface area contributed by atoms with Crippen LogP contribution in [-0.4, -0.2) is 42.4 Å². The van der Waals surface area contributed by atoms with Crippen molar-refractivity contribution in [1.29, 1.82) is 0 Å². The predicted molar refractivity (Wildman–Crippen MR) is 54.3 cm³/mol. The van der Waals surface area contributed by atoms with Crippen LogP contribution in [0.3, 0.4) is 0 Å². The van der Waals surface area contributed by atoms with Crippen molar-refractivity contribution in [2.24, 2.45) is 0 Å². The first-order valence-electron chi connectivity index (χ1n) is 5.09. The Balaban J connectivity index is 1.66. The highest BCUT2D eigenvalue weighted by atomic mass is 16.6. The van der Waals surface area contributed by atoms with Gasteiger partial charge in [0.25, 0.3) is 0 Å². The van der Waals surface area contributed by atoms with Gasteiger partial charge in [0.15, 0.2) is 0 Å². The molecule has 1 aliphatic heterocycles. The molecular formula is C10H15N3O2. The summed E-state index contributed by atoms with van der Waals surface area (Å²) in [5.41, 5.74) is 1.08. The van der Waals surface area contributed by atoms with Crippen molar-refractivity contribution in [3.05, 3.63) is 24.3 Å². The second kappa shape index (κ2) is 5.75. The molecule has 0 aliphatic carbocycles. The van der Waals surface area contributed by atoms with Gasteiger partial charge in [0, 0.05) is 31.0 Å². The number of ether oxygens (including phenoxy) is 2. The van der Waals surface area contributed by atoms with Crippen LogP contribution < -0.4 is 5.32 Å². The Morgan fingerprint density at radius 2 is 2.20 bits per heavy atom. The van der Waals surface area contributed by atoms with Crippen molar-refractivity contribution in [2.45, 2.75) is 12.6 Å². The van der Waals surface area contributed by atoms with Gasteiger partial charge in [0.05, 0.1) is 25.9 Å². The zero-order valence-electron chi connectivity index (χ0n) is 8.56. The summed E-state index contributed by atoms with van der Waals surface area (Å²) >= 11 is 0. The maximum atomic E-state index is 5.50. The minimum absolute atomic E-state index is 0.170. The highest BCUT2D eigenvalue weighted by Gasteiger charge is 2.13. The van der Waals surface area contributed by atoms with E-state index in [-0.39, 0.29) is 6.10 Å². The Labute approximate surface area is 88.8 Å². The number of aromatic nitrogens is 2. The van der Waals surface area contributed by atoms with Crippen LogP contribution >= 0.6 is 0 Å². The van der Waals surface area contributed by atoms with Crippen molar-refractivity contribution >= 4 is 0 Å². The average molecular weight is 209 g/mol. The summed E-state index contributed by atoms with van der Waals surface area (Å²) in [6, 6.07) is 0. The van der Waals surface area contributed by atoms with E-state index < -0.39 is 0 Å². The third kappa shape index (κ3) is 3.54. The van der Waals surface area contributed by atoms with Gasteiger partial charge in [-0.3, -0.25) is 0 Å². The summed E-state index contributed by atoms with van der Waals surface area (Å²) in [5, 5.41) is 3.29. The first kappa shape index (κ1) is 10.5. The molecule has 1 aromatic rings. The molecule has 1 saturated heterocycles.